The summed E-state index contributed by atoms with van der Waals surface area (Å²) in [4.78, 5) is 14.1. The van der Waals surface area contributed by atoms with Crippen molar-refractivity contribution in [2.45, 2.75) is 12.6 Å². The fourth-order valence-electron chi connectivity index (χ4n) is 1.13. The molecular weight excluding hydrogens is 376 g/mol. The molecule has 0 aliphatic carbocycles. The number of aromatic nitrogens is 1. The molecule has 1 rings (SSSR count). The highest BCUT2D eigenvalue weighted by Crippen LogP contribution is 2.34. The van der Waals surface area contributed by atoms with E-state index in [2.05, 4.69) is 9.72 Å². The quantitative estimate of drug-likeness (QED) is 0.448. The molecule has 0 aliphatic rings. The van der Waals surface area contributed by atoms with Crippen LogP contribution in [0.1, 0.15) is 28.2 Å². The average molecular weight is 381 g/mol. The van der Waals surface area contributed by atoms with Gasteiger partial charge in [0, 0.05) is 3.57 Å². The van der Waals surface area contributed by atoms with Gasteiger partial charge in [-0.1, -0.05) is 0 Å². The highest BCUT2D eigenvalue weighted by atomic mass is 127. The first-order chi connectivity index (χ1) is 8.18. The van der Waals surface area contributed by atoms with Gasteiger partial charge in [0.1, 0.15) is 5.69 Å². The molecule has 18 heavy (non-hydrogen) atoms. The van der Waals surface area contributed by atoms with E-state index in [-0.39, 0.29) is 0 Å². The predicted molar refractivity (Wildman–Crippen MR) is 58.3 cm³/mol. The highest BCUT2D eigenvalue weighted by molar-refractivity contribution is 14.1. The van der Waals surface area contributed by atoms with Gasteiger partial charge in [0.2, 0.25) is 0 Å². The number of methoxy groups -OCH3 is 1. The summed E-state index contributed by atoms with van der Waals surface area (Å²) in [6.07, 6.45) is -7.95. The first kappa shape index (κ1) is 15.1. The van der Waals surface area contributed by atoms with E-state index in [0.717, 1.165) is 7.11 Å². The molecule has 100 valence electrons. The predicted octanol–water partition coefficient (Wildman–Crippen LogP) is 3.43. The molecule has 0 spiro atoms. The molecule has 1 heterocycles. The monoisotopic (exact) mass is 381 g/mol. The largest absolute Gasteiger partial charge is 0.464 e. The smallest absolute Gasteiger partial charge is 0.433 e. The van der Waals surface area contributed by atoms with Crippen LogP contribution < -0.4 is 0 Å². The van der Waals surface area contributed by atoms with Crippen LogP contribution in [0.2, 0.25) is 0 Å². The normalized spacial score (nSPS) is 11.8. The number of hydrogen-bond donors (Lipinski definition) is 0. The molecule has 9 heteroatoms. The Balaban J connectivity index is 3.52. The summed E-state index contributed by atoms with van der Waals surface area (Å²) in [5, 5.41) is 0. The Kier molecular flexibility index (Phi) is 4.46. The molecule has 0 N–H and O–H groups in total. The van der Waals surface area contributed by atoms with Gasteiger partial charge in [-0.3, -0.25) is 0 Å². The van der Waals surface area contributed by atoms with E-state index in [4.69, 9.17) is 0 Å². The second kappa shape index (κ2) is 5.33. The molecule has 0 unspecified atom stereocenters. The molecule has 0 saturated carbocycles. The van der Waals surface area contributed by atoms with E-state index in [1.54, 1.807) is 0 Å². The number of esters is 1. The second-order valence-electron chi connectivity index (χ2n) is 3.04. The number of pyridine rings is 1. The minimum Gasteiger partial charge on any atom is -0.464 e. The van der Waals surface area contributed by atoms with Gasteiger partial charge >= 0.3 is 12.1 Å². The summed E-state index contributed by atoms with van der Waals surface area (Å²) in [6.45, 7) is 0. The summed E-state index contributed by atoms with van der Waals surface area (Å²) in [7, 11) is 0.867. The molecule has 3 nitrogen and oxygen atoms in total. The highest BCUT2D eigenvalue weighted by Gasteiger charge is 2.36. The number of halogens is 6. The van der Waals surface area contributed by atoms with Crippen molar-refractivity contribution in [3.05, 3.63) is 26.6 Å². The fourth-order valence-corrected chi connectivity index (χ4v) is 1.91. The van der Waals surface area contributed by atoms with E-state index in [0.29, 0.717) is 6.07 Å². The van der Waals surface area contributed by atoms with Crippen molar-refractivity contribution in [2.75, 3.05) is 7.11 Å². The summed E-state index contributed by atoms with van der Waals surface area (Å²) >= 11 is 1.29. The van der Waals surface area contributed by atoms with Gasteiger partial charge in [-0.25, -0.2) is 18.6 Å². The lowest BCUT2D eigenvalue weighted by Crippen LogP contribution is -2.17. The Labute approximate surface area is 111 Å². The van der Waals surface area contributed by atoms with Crippen molar-refractivity contribution in [2.24, 2.45) is 0 Å². The van der Waals surface area contributed by atoms with Gasteiger partial charge in [-0.15, -0.1) is 0 Å². The summed E-state index contributed by atoms with van der Waals surface area (Å²) in [6, 6.07) is 0.453. The van der Waals surface area contributed by atoms with E-state index in [9.17, 15) is 26.7 Å². The van der Waals surface area contributed by atoms with E-state index in [1.807, 2.05) is 0 Å². The van der Waals surface area contributed by atoms with Crippen LogP contribution in [0.3, 0.4) is 0 Å². The molecule has 1 aromatic heterocycles. The zero-order valence-corrected chi connectivity index (χ0v) is 10.8. The molecule has 0 radical (unpaired) electrons. The van der Waals surface area contributed by atoms with Crippen LogP contribution in [0.4, 0.5) is 22.0 Å². The van der Waals surface area contributed by atoms with Crippen LogP contribution in [-0.2, 0) is 10.9 Å². The molecule has 0 aromatic carbocycles. The second-order valence-corrected chi connectivity index (χ2v) is 4.20. The van der Waals surface area contributed by atoms with Crippen molar-refractivity contribution in [1.82, 2.24) is 4.98 Å². The third kappa shape index (κ3) is 3.06. The Hall–Kier alpha value is -1.00. The van der Waals surface area contributed by atoms with Gasteiger partial charge in [0.25, 0.3) is 6.43 Å². The van der Waals surface area contributed by atoms with E-state index >= 15 is 0 Å². The number of ether oxygens (including phenoxy) is 1. The number of nitrogens with zero attached hydrogens (tertiary/aromatic N) is 1. The SMILES string of the molecule is COC(=O)c1nc(C(F)(F)F)cc(I)c1C(F)F. The van der Waals surface area contributed by atoms with E-state index < -0.39 is 39.1 Å². The maximum Gasteiger partial charge on any atom is 0.433 e. The van der Waals surface area contributed by atoms with Crippen LogP contribution in [0.5, 0.6) is 0 Å². The van der Waals surface area contributed by atoms with E-state index in [1.165, 1.54) is 22.6 Å². The summed E-state index contributed by atoms with van der Waals surface area (Å²) < 4.78 is 66.4. The first-order valence-electron chi connectivity index (χ1n) is 4.32. The number of rotatable bonds is 2. The van der Waals surface area contributed by atoms with Gasteiger partial charge in [-0.2, -0.15) is 13.2 Å². The molecule has 1 aromatic rings. The van der Waals surface area contributed by atoms with Crippen molar-refractivity contribution in [1.29, 1.82) is 0 Å². The number of carbonyl (C=O) groups is 1. The number of hydrogen-bond acceptors (Lipinski definition) is 3. The third-order valence-corrected chi connectivity index (χ3v) is 2.79. The van der Waals surface area contributed by atoms with Crippen molar-refractivity contribution < 1.29 is 31.5 Å². The van der Waals surface area contributed by atoms with Gasteiger partial charge in [0.05, 0.1) is 12.7 Å². The lowest BCUT2D eigenvalue weighted by atomic mass is 10.1. The lowest BCUT2D eigenvalue weighted by molar-refractivity contribution is -0.141. The summed E-state index contributed by atoms with van der Waals surface area (Å²) in [5.74, 6) is -1.34. The number of carbonyl (C=O) groups excluding carboxylic acids is 1. The number of alkyl halides is 5. The van der Waals surface area contributed by atoms with Crippen molar-refractivity contribution in [3.8, 4) is 0 Å². The maximum atomic E-state index is 12.7. The third-order valence-electron chi connectivity index (χ3n) is 1.90. The van der Waals surface area contributed by atoms with Gasteiger partial charge in [-0.05, 0) is 28.7 Å². The van der Waals surface area contributed by atoms with Crippen LogP contribution in [0.25, 0.3) is 0 Å². The van der Waals surface area contributed by atoms with Crippen LogP contribution in [-0.4, -0.2) is 18.1 Å². The molecular formula is C9H5F5INO2. The molecule has 0 aliphatic heterocycles. The molecule has 0 amide bonds. The van der Waals surface area contributed by atoms with Gasteiger partial charge < -0.3 is 4.74 Å². The fraction of sp³-hybridized carbons (Fsp3) is 0.333. The molecule has 0 atom stereocenters. The van der Waals surface area contributed by atoms with Gasteiger partial charge in [0.15, 0.2) is 5.69 Å². The maximum absolute atomic E-state index is 12.7. The first-order valence-corrected chi connectivity index (χ1v) is 5.40. The minimum absolute atomic E-state index is 0.398. The van der Waals surface area contributed by atoms with Crippen LogP contribution in [0, 0.1) is 3.57 Å². The average Bonchev–Trinajstić information content (AvgIpc) is 2.25. The summed E-state index contributed by atoms with van der Waals surface area (Å²) in [5.41, 5.74) is -3.31. The molecule has 0 saturated heterocycles. The van der Waals surface area contributed by atoms with Crippen molar-refractivity contribution >= 4 is 28.6 Å². The standard InChI is InChI=1S/C9H5F5INO2/c1-18-8(17)6-5(7(10)11)3(15)2-4(16-6)9(12,13)14/h2,7H,1H3. The zero-order valence-electron chi connectivity index (χ0n) is 8.69. The minimum atomic E-state index is -4.83. The zero-order chi connectivity index (χ0) is 14.1. The Bertz CT molecular complexity index is 475. The Morgan fingerprint density at radius 1 is 1.44 bits per heavy atom. The lowest BCUT2D eigenvalue weighted by Gasteiger charge is -2.12. The van der Waals surface area contributed by atoms with Crippen LogP contribution in [0.15, 0.2) is 6.07 Å². The molecule has 0 bridgehead atoms. The van der Waals surface area contributed by atoms with Crippen LogP contribution >= 0.6 is 22.6 Å². The van der Waals surface area contributed by atoms with Crippen molar-refractivity contribution in [3.63, 3.8) is 0 Å². The Morgan fingerprint density at radius 3 is 2.39 bits per heavy atom. The Morgan fingerprint density at radius 2 is 2.00 bits per heavy atom. The molecule has 0 fully saturated rings. The topological polar surface area (TPSA) is 39.2 Å².